The molecule has 0 saturated carbocycles. The van der Waals surface area contributed by atoms with Crippen molar-refractivity contribution in [1.29, 1.82) is 5.26 Å². The second-order valence-corrected chi connectivity index (χ2v) is 6.93. The number of halogens is 1. The molecule has 0 unspecified atom stereocenters. The molecule has 0 radical (unpaired) electrons. The molecule has 0 amide bonds. The maximum absolute atomic E-state index is 12.2. The van der Waals surface area contributed by atoms with Crippen LogP contribution in [0.1, 0.15) is 16.7 Å². The van der Waals surface area contributed by atoms with Crippen LogP contribution in [0.5, 0.6) is 0 Å². The molecule has 2 aromatic carbocycles. The summed E-state index contributed by atoms with van der Waals surface area (Å²) in [4.78, 5) is 0. The third-order valence-electron chi connectivity index (χ3n) is 2.79. The summed E-state index contributed by atoms with van der Waals surface area (Å²) in [5.41, 5.74) is 1.56. The van der Waals surface area contributed by atoms with Gasteiger partial charge in [0, 0.05) is 5.02 Å². The lowest BCUT2D eigenvalue weighted by atomic mass is 10.1. The fourth-order valence-electron chi connectivity index (χ4n) is 1.92. The summed E-state index contributed by atoms with van der Waals surface area (Å²) in [6.07, 6.45) is 0. The number of nitrogens with zero attached hydrogens (tertiary/aromatic N) is 1. The highest BCUT2D eigenvalue weighted by molar-refractivity contribution is 7.89. The lowest BCUT2D eigenvalue weighted by molar-refractivity contribution is 0.594. The molecule has 0 aromatic heterocycles. The van der Waals surface area contributed by atoms with Crippen molar-refractivity contribution in [3.8, 4) is 6.07 Å². The largest absolute Gasteiger partial charge is 0.228 e. The van der Waals surface area contributed by atoms with Gasteiger partial charge in [0.1, 0.15) is 0 Å². The Kier molecular flexibility index (Phi) is 4.43. The molecule has 0 bridgehead atoms. The van der Waals surface area contributed by atoms with Gasteiger partial charge < -0.3 is 0 Å². The number of hydrogen-bond acceptors (Lipinski definition) is 3. The van der Waals surface area contributed by atoms with Crippen LogP contribution in [0, 0.1) is 11.3 Å². The SMILES string of the molecule is N#Cc1ccccc1CS(=O)(=O)Cc1cccc(Cl)c1. The maximum Gasteiger partial charge on any atom is 0.158 e. The monoisotopic (exact) mass is 305 g/mol. The van der Waals surface area contributed by atoms with Crippen molar-refractivity contribution in [1.82, 2.24) is 0 Å². The van der Waals surface area contributed by atoms with Crippen molar-refractivity contribution < 1.29 is 8.42 Å². The fourth-order valence-corrected chi connectivity index (χ4v) is 3.65. The number of rotatable bonds is 4. The summed E-state index contributed by atoms with van der Waals surface area (Å²) in [7, 11) is -3.35. The van der Waals surface area contributed by atoms with Crippen molar-refractivity contribution in [3.05, 3.63) is 70.2 Å². The Morgan fingerprint density at radius 2 is 1.80 bits per heavy atom. The number of hydrogen-bond donors (Lipinski definition) is 0. The highest BCUT2D eigenvalue weighted by atomic mass is 35.5. The molecular weight excluding hydrogens is 294 g/mol. The van der Waals surface area contributed by atoms with Crippen LogP contribution in [0.2, 0.25) is 5.02 Å². The Morgan fingerprint density at radius 3 is 2.50 bits per heavy atom. The molecule has 0 aliphatic rings. The van der Waals surface area contributed by atoms with Crippen LogP contribution in [0.25, 0.3) is 0 Å². The molecule has 0 aliphatic carbocycles. The van der Waals surface area contributed by atoms with Gasteiger partial charge >= 0.3 is 0 Å². The van der Waals surface area contributed by atoms with Crippen LogP contribution in [0.3, 0.4) is 0 Å². The first kappa shape index (κ1) is 14.6. The van der Waals surface area contributed by atoms with Crippen molar-refractivity contribution >= 4 is 21.4 Å². The average molecular weight is 306 g/mol. The highest BCUT2D eigenvalue weighted by Gasteiger charge is 2.15. The van der Waals surface area contributed by atoms with E-state index in [0.29, 0.717) is 21.7 Å². The Labute approximate surface area is 123 Å². The van der Waals surface area contributed by atoms with Crippen molar-refractivity contribution in [2.24, 2.45) is 0 Å². The van der Waals surface area contributed by atoms with Crippen molar-refractivity contribution in [3.63, 3.8) is 0 Å². The molecular formula is C15H12ClNO2S. The molecule has 5 heteroatoms. The van der Waals surface area contributed by atoms with Crippen LogP contribution in [-0.2, 0) is 21.3 Å². The van der Waals surface area contributed by atoms with Gasteiger partial charge in [-0.3, -0.25) is 0 Å². The zero-order chi connectivity index (χ0) is 14.6. The summed E-state index contributed by atoms with van der Waals surface area (Å²) >= 11 is 5.84. The summed E-state index contributed by atoms with van der Waals surface area (Å²) in [6, 6.07) is 15.5. The van der Waals surface area contributed by atoms with Crippen LogP contribution in [0.15, 0.2) is 48.5 Å². The number of sulfone groups is 1. The zero-order valence-corrected chi connectivity index (χ0v) is 12.2. The molecule has 0 atom stereocenters. The smallest absolute Gasteiger partial charge is 0.158 e. The summed E-state index contributed by atoms with van der Waals surface area (Å²) in [5, 5.41) is 9.49. The minimum Gasteiger partial charge on any atom is -0.228 e. The van der Waals surface area contributed by atoms with Crippen LogP contribution in [0.4, 0.5) is 0 Å². The molecule has 20 heavy (non-hydrogen) atoms. The minimum absolute atomic E-state index is 0.0900. The van der Waals surface area contributed by atoms with Crippen LogP contribution >= 0.6 is 11.6 Å². The molecule has 0 spiro atoms. The number of nitriles is 1. The Bertz CT molecular complexity index is 763. The van der Waals surface area contributed by atoms with Crippen molar-refractivity contribution in [2.45, 2.75) is 11.5 Å². The number of benzene rings is 2. The van der Waals surface area contributed by atoms with Gasteiger partial charge in [-0.15, -0.1) is 0 Å². The lowest BCUT2D eigenvalue weighted by Crippen LogP contribution is -2.08. The Balaban J connectivity index is 2.22. The van der Waals surface area contributed by atoms with Gasteiger partial charge in [-0.1, -0.05) is 41.9 Å². The van der Waals surface area contributed by atoms with E-state index in [1.165, 1.54) is 0 Å². The second kappa shape index (κ2) is 6.08. The first-order valence-electron chi connectivity index (χ1n) is 5.93. The van der Waals surface area contributed by atoms with Crippen LogP contribution in [-0.4, -0.2) is 8.42 Å². The van der Waals surface area contributed by atoms with Gasteiger partial charge in [-0.25, -0.2) is 8.42 Å². The highest BCUT2D eigenvalue weighted by Crippen LogP contribution is 2.17. The molecule has 2 aromatic rings. The molecule has 0 aliphatic heterocycles. The fraction of sp³-hybridized carbons (Fsp3) is 0.133. The Hall–Kier alpha value is -1.83. The standard InChI is InChI=1S/C15H12ClNO2S/c16-15-7-3-4-12(8-15)10-20(18,19)11-14-6-2-1-5-13(14)9-17/h1-8H,10-11H2. The van der Waals surface area contributed by atoms with Gasteiger partial charge in [0.25, 0.3) is 0 Å². The van der Waals surface area contributed by atoms with E-state index >= 15 is 0 Å². The normalized spacial score (nSPS) is 11.0. The van der Waals surface area contributed by atoms with Gasteiger partial charge in [0.2, 0.25) is 0 Å². The summed E-state index contributed by atoms with van der Waals surface area (Å²) in [5.74, 6) is -0.240. The minimum atomic E-state index is -3.35. The maximum atomic E-state index is 12.2. The summed E-state index contributed by atoms with van der Waals surface area (Å²) < 4.78 is 24.4. The predicted molar refractivity (Wildman–Crippen MR) is 78.9 cm³/mol. The van der Waals surface area contributed by atoms with Gasteiger partial charge in [0.05, 0.1) is 23.1 Å². The molecule has 2 rings (SSSR count). The molecule has 0 fully saturated rings. The van der Waals surface area contributed by atoms with Crippen molar-refractivity contribution in [2.75, 3.05) is 0 Å². The van der Waals surface area contributed by atoms with Gasteiger partial charge in [-0.2, -0.15) is 5.26 Å². The van der Waals surface area contributed by atoms with E-state index in [1.807, 2.05) is 6.07 Å². The second-order valence-electron chi connectivity index (χ2n) is 4.43. The van der Waals surface area contributed by atoms with E-state index in [9.17, 15) is 8.42 Å². The van der Waals surface area contributed by atoms with E-state index in [-0.39, 0.29) is 11.5 Å². The van der Waals surface area contributed by atoms with E-state index in [0.717, 1.165) is 0 Å². The molecule has 102 valence electrons. The predicted octanol–water partition coefficient (Wildman–Crippen LogP) is 3.33. The van der Waals surface area contributed by atoms with E-state index in [2.05, 4.69) is 0 Å². The zero-order valence-electron chi connectivity index (χ0n) is 10.6. The van der Waals surface area contributed by atoms with E-state index in [4.69, 9.17) is 16.9 Å². The van der Waals surface area contributed by atoms with E-state index < -0.39 is 9.84 Å². The van der Waals surface area contributed by atoms with Gasteiger partial charge in [-0.05, 0) is 29.3 Å². The lowest BCUT2D eigenvalue weighted by Gasteiger charge is -2.06. The third kappa shape index (κ3) is 3.83. The Morgan fingerprint density at radius 1 is 1.05 bits per heavy atom. The average Bonchev–Trinajstić information content (AvgIpc) is 2.38. The molecule has 3 nitrogen and oxygen atoms in total. The topological polar surface area (TPSA) is 57.9 Å². The quantitative estimate of drug-likeness (QED) is 0.870. The molecule has 0 saturated heterocycles. The van der Waals surface area contributed by atoms with Crippen LogP contribution < -0.4 is 0 Å². The van der Waals surface area contributed by atoms with Gasteiger partial charge in [0.15, 0.2) is 9.84 Å². The first-order chi connectivity index (χ1) is 9.50. The first-order valence-corrected chi connectivity index (χ1v) is 8.13. The third-order valence-corrected chi connectivity index (χ3v) is 4.55. The molecule has 0 heterocycles. The molecule has 0 N–H and O–H groups in total. The summed E-state index contributed by atoms with van der Waals surface area (Å²) in [6.45, 7) is 0. The van der Waals surface area contributed by atoms with E-state index in [1.54, 1.807) is 48.5 Å².